The Labute approximate surface area is 111 Å². The van der Waals surface area contributed by atoms with Crippen molar-refractivity contribution in [1.82, 2.24) is 9.80 Å². The third-order valence-corrected chi connectivity index (χ3v) is 4.48. The highest BCUT2D eigenvalue weighted by Crippen LogP contribution is 2.23. The second-order valence-corrected chi connectivity index (χ2v) is 6.02. The van der Waals surface area contributed by atoms with Crippen molar-refractivity contribution in [3.8, 4) is 0 Å². The quantitative estimate of drug-likeness (QED) is 0.810. The Morgan fingerprint density at radius 2 is 1.94 bits per heavy atom. The maximum Gasteiger partial charge on any atom is 0.0710 e. The molecule has 4 nitrogen and oxygen atoms in total. The van der Waals surface area contributed by atoms with E-state index in [9.17, 15) is 5.11 Å². The Bertz CT molecular complexity index is 244. The van der Waals surface area contributed by atoms with Gasteiger partial charge in [-0.3, -0.25) is 4.90 Å². The molecule has 4 heteroatoms. The average Bonchev–Trinajstić information content (AvgIpc) is 2.52. The summed E-state index contributed by atoms with van der Waals surface area (Å²) in [5.41, 5.74) is 0. The molecule has 2 heterocycles. The maximum absolute atomic E-state index is 10.5. The minimum Gasteiger partial charge on any atom is -0.391 e. The van der Waals surface area contributed by atoms with E-state index in [-0.39, 0.29) is 6.10 Å². The van der Waals surface area contributed by atoms with Crippen molar-refractivity contribution in [3.05, 3.63) is 0 Å². The lowest BCUT2D eigenvalue weighted by Crippen LogP contribution is -2.47. The Morgan fingerprint density at radius 1 is 1.22 bits per heavy atom. The van der Waals surface area contributed by atoms with Gasteiger partial charge < -0.3 is 14.7 Å². The summed E-state index contributed by atoms with van der Waals surface area (Å²) in [6, 6.07) is 0.292. The SMILES string of the molecule is CN1CCCN(C)C(C(O)CC2CCOCC2)C1. The van der Waals surface area contributed by atoms with Gasteiger partial charge in [0.15, 0.2) is 0 Å². The van der Waals surface area contributed by atoms with Gasteiger partial charge in [0.1, 0.15) is 0 Å². The average molecular weight is 256 g/mol. The van der Waals surface area contributed by atoms with Crippen molar-refractivity contribution >= 4 is 0 Å². The first-order chi connectivity index (χ1) is 8.66. The Morgan fingerprint density at radius 3 is 2.67 bits per heavy atom. The molecule has 2 saturated heterocycles. The molecule has 2 atom stereocenters. The van der Waals surface area contributed by atoms with Crippen LogP contribution in [-0.2, 0) is 4.74 Å². The summed E-state index contributed by atoms with van der Waals surface area (Å²) in [6.07, 6.45) is 4.17. The molecule has 0 aromatic rings. The highest BCUT2D eigenvalue weighted by atomic mass is 16.5. The van der Waals surface area contributed by atoms with E-state index >= 15 is 0 Å². The third kappa shape index (κ3) is 3.92. The van der Waals surface area contributed by atoms with E-state index in [1.165, 1.54) is 6.42 Å². The lowest BCUT2D eigenvalue weighted by Gasteiger charge is -2.34. The van der Waals surface area contributed by atoms with Gasteiger partial charge in [-0.05, 0) is 58.8 Å². The highest BCUT2D eigenvalue weighted by Gasteiger charge is 2.29. The number of aliphatic hydroxyl groups is 1. The fourth-order valence-electron chi connectivity index (χ4n) is 3.20. The van der Waals surface area contributed by atoms with Gasteiger partial charge in [-0.25, -0.2) is 0 Å². The van der Waals surface area contributed by atoms with E-state index in [4.69, 9.17) is 4.74 Å². The van der Waals surface area contributed by atoms with Crippen LogP contribution in [0.3, 0.4) is 0 Å². The molecule has 2 rings (SSSR count). The molecule has 18 heavy (non-hydrogen) atoms. The Hall–Kier alpha value is -0.160. The predicted octanol–water partition coefficient (Wildman–Crippen LogP) is 0.800. The van der Waals surface area contributed by atoms with Gasteiger partial charge in [-0.15, -0.1) is 0 Å². The number of aliphatic hydroxyl groups excluding tert-OH is 1. The van der Waals surface area contributed by atoms with E-state index in [1.54, 1.807) is 0 Å². The predicted molar refractivity (Wildman–Crippen MR) is 72.7 cm³/mol. The molecule has 2 aliphatic heterocycles. The van der Waals surface area contributed by atoms with Crippen molar-refractivity contribution in [1.29, 1.82) is 0 Å². The number of nitrogens with zero attached hydrogens (tertiary/aromatic N) is 2. The third-order valence-electron chi connectivity index (χ3n) is 4.48. The highest BCUT2D eigenvalue weighted by molar-refractivity contribution is 4.84. The van der Waals surface area contributed by atoms with Crippen LogP contribution in [-0.4, -0.2) is 74.0 Å². The molecule has 0 saturated carbocycles. The molecule has 0 aliphatic carbocycles. The molecule has 0 bridgehead atoms. The van der Waals surface area contributed by atoms with Crippen molar-refractivity contribution in [2.45, 2.75) is 37.8 Å². The van der Waals surface area contributed by atoms with Gasteiger partial charge >= 0.3 is 0 Å². The molecule has 0 spiro atoms. The number of rotatable bonds is 3. The van der Waals surface area contributed by atoms with Crippen molar-refractivity contribution in [3.63, 3.8) is 0 Å². The van der Waals surface area contributed by atoms with Crippen molar-refractivity contribution < 1.29 is 9.84 Å². The number of ether oxygens (including phenoxy) is 1. The van der Waals surface area contributed by atoms with Crippen molar-refractivity contribution in [2.75, 3.05) is 46.9 Å². The fourth-order valence-corrected chi connectivity index (χ4v) is 3.20. The van der Waals surface area contributed by atoms with Crippen LogP contribution in [0.5, 0.6) is 0 Å². The second kappa shape index (κ2) is 6.85. The Balaban J connectivity index is 1.86. The van der Waals surface area contributed by atoms with Crippen LogP contribution in [0.25, 0.3) is 0 Å². The summed E-state index contributed by atoms with van der Waals surface area (Å²) in [4.78, 5) is 4.69. The molecule has 2 fully saturated rings. The van der Waals surface area contributed by atoms with Crippen LogP contribution >= 0.6 is 0 Å². The van der Waals surface area contributed by atoms with E-state index in [1.807, 2.05) is 0 Å². The number of hydrogen-bond acceptors (Lipinski definition) is 4. The largest absolute Gasteiger partial charge is 0.391 e. The minimum absolute atomic E-state index is 0.196. The van der Waals surface area contributed by atoms with E-state index in [2.05, 4.69) is 23.9 Å². The zero-order valence-electron chi connectivity index (χ0n) is 11.8. The van der Waals surface area contributed by atoms with Gasteiger partial charge in [0, 0.05) is 25.8 Å². The summed E-state index contributed by atoms with van der Waals surface area (Å²) in [7, 11) is 4.31. The molecule has 2 aliphatic rings. The first-order valence-electron chi connectivity index (χ1n) is 7.31. The van der Waals surface area contributed by atoms with Gasteiger partial charge in [0.2, 0.25) is 0 Å². The Kier molecular flexibility index (Phi) is 5.42. The molecule has 1 N–H and O–H groups in total. The smallest absolute Gasteiger partial charge is 0.0710 e. The van der Waals surface area contributed by atoms with Gasteiger partial charge in [0.05, 0.1) is 6.10 Å². The summed E-state index contributed by atoms with van der Waals surface area (Å²) < 4.78 is 5.38. The monoisotopic (exact) mass is 256 g/mol. The number of likely N-dealkylation sites (N-methyl/N-ethyl adjacent to an activating group) is 2. The van der Waals surface area contributed by atoms with Crippen LogP contribution in [0.1, 0.15) is 25.7 Å². The molecular formula is C14H28N2O2. The summed E-state index contributed by atoms with van der Waals surface area (Å²) in [6.45, 7) is 4.97. The molecule has 2 unspecified atom stereocenters. The standard InChI is InChI=1S/C14H28N2O2/c1-15-6-3-7-16(2)13(11-15)14(17)10-12-4-8-18-9-5-12/h12-14,17H,3-11H2,1-2H3. The van der Waals surface area contributed by atoms with Gasteiger partial charge in [-0.2, -0.15) is 0 Å². The number of hydrogen-bond donors (Lipinski definition) is 1. The molecule has 106 valence electrons. The van der Waals surface area contributed by atoms with Crippen LogP contribution < -0.4 is 0 Å². The normalized spacial score (nSPS) is 31.2. The van der Waals surface area contributed by atoms with Gasteiger partial charge in [-0.1, -0.05) is 0 Å². The van der Waals surface area contributed by atoms with Crippen LogP contribution in [0.4, 0.5) is 0 Å². The van der Waals surface area contributed by atoms with Crippen LogP contribution in [0.15, 0.2) is 0 Å². The lowest BCUT2D eigenvalue weighted by molar-refractivity contribution is 0.0112. The lowest BCUT2D eigenvalue weighted by atomic mass is 9.90. The molecule has 0 aromatic heterocycles. The molecule has 0 aromatic carbocycles. The van der Waals surface area contributed by atoms with E-state index in [0.717, 1.165) is 52.1 Å². The van der Waals surface area contributed by atoms with Crippen molar-refractivity contribution in [2.24, 2.45) is 5.92 Å². The minimum atomic E-state index is -0.196. The van der Waals surface area contributed by atoms with E-state index < -0.39 is 0 Å². The topological polar surface area (TPSA) is 35.9 Å². The van der Waals surface area contributed by atoms with Crippen LogP contribution in [0.2, 0.25) is 0 Å². The fraction of sp³-hybridized carbons (Fsp3) is 1.00. The second-order valence-electron chi connectivity index (χ2n) is 6.02. The first kappa shape index (κ1) is 14.3. The summed E-state index contributed by atoms with van der Waals surface area (Å²) in [5.74, 6) is 0.649. The zero-order valence-corrected chi connectivity index (χ0v) is 11.8. The van der Waals surface area contributed by atoms with E-state index in [0.29, 0.717) is 12.0 Å². The zero-order chi connectivity index (χ0) is 13.0. The summed E-state index contributed by atoms with van der Waals surface area (Å²) in [5, 5.41) is 10.5. The molecule has 0 radical (unpaired) electrons. The van der Waals surface area contributed by atoms with Crippen LogP contribution in [0, 0.1) is 5.92 Å². The van der Waals surface area contributed by atoms with Gasteiger partial charge in [0.25, 0.3) is 0 Å². The summed E-state index contributed by atoms with van der Waals surface area (Å²) >= 11 is 0. The molecular weight excluding hydrogens is 228 g/mol. The maximum atomic E-state index is 10.5. The molecule has 0 amide bonds. The first-order valence-corrected chi connectivity index (χ1v) is 7.31.